The summed E-state index contributed by atoms with van der Waals surface area (Å²) in [6.45, 7) is -1.89. The summed E-state index contributed by atoms with van der Waals surface area (Å²) < 4.78 is 94.0. The number of hydrogen-bond donors (Lipinski definition) is 0. The maximum absolute atomic E-state index is 8.86. The van der Waals surface area contributed by atoms with E-state index in [-0.39, 0.29) is 42.5 Å². The van der Waals surface area contributed by atoms with Crippen LogP contribution in [0.2, 0.25) is 0 Å². The normalized spacial score (nSPS) is 14.9. The molecule has 0 spiro atoms. The molecule has 3 heterocycles. The molecule has 0 atom stereocenters. The van der Waals surface area contributed by atoms with Gasteiger partial charge in [0.25, 0.3) is 0 Å². The Morgan fingerprint density at radius 2 is 1.19 bits per heavy atom. The number of pyridine rings is 2. The SMILES string of the molecule is [2H]C([2H])([2H])c1c[c-]c(-c2cc(C([2H])([2H])[2H])c(C([2H])([2H])[2H])cn2)cc1-c1ccccc1.[2H]C([2H])(c1ccnc(-c2[c-]ccc3c2oc2c4c(ccc23)-c2ccccc2-c2ccccc2-c2ccccc2-4)c1)C(C)(C)C.[Ir]. The summed E-state index contributed by atoms with van der Waals surface area (Å²) in [7, 11) is 0. The molecule has 0 saturated carbocycles. The van der Waals surface area contributed by atoms with E-state index in [9.17, 15) is 0 Å². The van der Waals surface area contributed by atoms with Gasteiger partial charge in [0, 0.05) is 58.5 Å². The van der Waals surface area contributed by atoms with Gasteiger partial charge in [-0.15, -0.1) is 47.5 Å². The maximum Gasteiger partial charge on any atom is 0.129 e. The first-order valence-corrected chi connectivity index (χ1v) is 20.8. The van der Waals surface area contributed by atoms with Crippen molar-refractivity contribution in [2.45, 2.75) is 47.7 Å². The number of fused-ring (bicyclic) bond motifs is 12. The molecule has 0 amide bonds. The molecule has 11 rings (SSSR count). The van der Waals surface area contributed by atoms with Crippen molar-refractivity contribution in [1.82, 2.24) is 9.97 Å². The number of furan rings is 1. The van der Waals surface area contributed by atoms with E-state index < -0.39 is 32.3 Å². The van der Waals surface area contributed by atoms with Crippen molar-refractivity contribution in [3.8, 4) is 78.1 Å². The molecular weight excluding hydrogens is 957 g/mol. The second-order valence-corrected chi connectivity index (χ2v) is 16.7. The van der Waals surface area contributed by atoms with Gasteiger partial charge in [0.2, 0.25) is 0 Å². The smallest absolute Gasteiger partial charge is 0.129 e. The van der Waals surface area contributed by atoms with Crippen LogP contribution in [0.5, 0.6) is 0 Å². The van der Waals surface area contributed by atoms with Crippen LogP contribution in [0.4, 0.5) is 0 Å². The predicted octanol–water partition coefficient (Wildman–Crippen LogP) is 16.2. The van der Waals surface area contributed by atoms with Crippen LogP contribution < -0.4 is 0 Å². The van der Waals surface area contributed by atoms with Gasteiger partial charge in [-0.2, -0.15) is 0 Å². The second-order valence-electron chi connectivity index (χ2n) is 16.7. The van der Waals surface area contributed by atoms with Crippen molar-refractivity contribution in [2.24, 2.45) is 5.41 Å². The van der Waals surface area contributed by atoms with Crippen molar-refractivity contribution in [3.63, 3.8) is 0 Å². The third-order valence-electron chi connectivity index (χ3n) is 11.3. The first-order valence-electron chi connectivity index (χ1n) is 26.3. The molecule has 0 unspecified atom stereocenters. The average Bonchev–Trinajstić information content (AvgIpc) is 3.76. The Labute approximate surface area is 405 Å². The first-order chi connectivity index (χ1) is 35.0. The Balaban J connectivity index is 0.000000196. The van der Waals surface area contributed by atoms with Gasteiger partial charge in [0.05, 0.1) is 5.58 Å². The summed E-state index contributed by atoms with van der Waals surface area (Å²) in [6.07, 6.45) is 1.18. The van der Waals surface area contributed by atoms with Gasteiger partial charge in [-0.25, -0.2) is 0 Å². The summed E-state index contributed by atoms with van der Waals surface area (Å²) in [5, 5.41) is 2.01. The van der Waals surface area contributed by atoms with E-state index in [1.165, 1.54) is 28.8 Å². The quantitative estimate of drug-likeness (QED) is 0.165. The van der Waals surface area contributed by atoms with E-state index in [4.69, 9.17) is 19.5 Å². The molecule has 7 aromatic carbocycles. The molecule has 0 saturated heterocycles. The van der Waals surface area contributed by atoms with Crippen LogP contribution in [0, 0.1) is 38.1 Å². The molecule has 4 heteroatoms. The molecule has 64 heavy (non-hydrogen) atoms. The van der Waals surface area contributed by atoms with Crippen LogP contribution >= 0.6 is 0 Å². The molecular formula is C60H48IrN2O-2. The number of aryl methyl sites for hydroxylation is 3. The van der Waals surface area contributed by atoms with Crippen LogP contribution in [-0.2, 0) is 26.5 Å². The van der Waals surface area contributed by atoms with Gasteiger partial charge in [0.15, 0.2) is 0 Å². The van der Waals surface area contributed by atoms with E-state index in [0.717, 1.165) is 55.9 Å². The molecule has 0 fully saturated rings. The fourth-order valence-corrected chi connectivity index (χ4v) is 8.51. The Morgan fingerprint density at radius 1 is 0.562 bits per heavy atom. The second kappa shape index (κ2) is 17.5. The van der Waals surface area contributed by atoms with E-state index in [1.54, 1.807) is 42.6 Å². The maximum atomic E-state index is 8.86. The Kier molecular flexibility index (Phi) is 8.51. The Bertz CT molecular complexity index is 3770. The summed E-state index contributed by atoms with van der Waals surface area (Å²) in [5.74, 6) is 0. The molecule has 3 nitrogen and oxygen atoms in total. The van der Waals surface area contributed by atoms with E-state index in [0.29, 0.717) is 33.5 Å². The number of rotatable bonds is 4. The number of nitrogens with zero attached hydrogens (tertiary/aromatic N) is 2. The van der Waals surface area contributed by atoms with Crippen LogP contribution in [0.1, 0.15) is 58.1 Å². The zero-order valence-electron chi connectivity index (χ0n) is 46.3. The van der Waals surface area contributed by atoms with Gasteiger partial charge in [-0.05, 0) is 93.0 Å². The summed E-state index contributed by atoms with van der Waals surface area (Å²) in [6, 6.07) is 57.1. The van der Waals surface area contributed by atoms with Crippen molar-refractivity contribution in [1.29, 1.82) is 0 Å². The zero-order chi connectivity index (χ0) is 52.5. The van der Waals surface area contributed by atoms with Crippen molar-refractivity contribution < 1.29 is 39.6 Å². The number of aromatic nitrogens is 2. The molecule has 315 valence electrons. The summed E-state index contributed by atoms with van der Waals surface area (Å²) >= 11 is 0. The fraction of sp³-hybridized carbons (Fsp3) is 0.133. The topological polar surface area (TPSA) is 38.9 Å². The summed E-state index contributed by atoms with van der Waals surface area (Å²) in [4.78, 5) is 8.81. The van der Waals surface area contributed by atoms with Crippen LogP contribution in [0.25, 0.3) is 100 Å². The van der Waals surface area contributed by atoms with Crippen molar-refractivity contribution >= 4 is 21.9 Å². The molecule has 1 aliphatic carbocycles. The minimum atomic E-state index is -2.65. The van der Waals surface area contributed by atoms with Gasteiger partial charge in [-0.3, -0.25) is 0 Å². The van der Waals surface area contributed by atoms with Crippen LogP contribution in [0.3, 0.4) is 0 Å². The largest absolute Gasteiger partial charge is 0.500 e. The number of hydrogen-bond acceptors (Lipinski definition) is 3. The van der Waals surface area contributed by atoms with E-state index >= 15 is 0 Å². The Hall–Kier alpha value is -6.71. The third-order valence-corrected chi connectivity index (χ3v) is 11.3. The van der Waals surface area contributed by atoms with Gasteiger partial charge < -0.3 is 14.4 Å². The summed E-state index contributed by atoms with van der Waals surface area (Å²) in [5.41, 5.74) is 13.3. The van der Waals surface area contributed by atoms with Crippen molar-refractivity contribution in [3.05, 3.63) is 205 Å². The molecule has 10 aromatic rings. The molecule has 0 N–H and O–H groups in total. The van der Waals surface area contributed by atoms with Gasteiger partial charge >= 0.3 is 0 Å². The zero-order valence-corrected chi connectivity index (χ0v) is 37.7. The van der Waals surface area contributed by atoms with Crippen LogP contribution in [-0.4, -0.2) is 9.97 Å². The average molecular weight is 1020 g/mol. The fourth-order valence-electron chi connectivity index (χ4n) is 8.51. The minimum absolute atomic E-state index is 0. The van der Waals surface area contributed by atoms with E-state index in [1.807, 2.05) is 45.0 Å². The third kappa shape index (κ3) is 8.05. The predicted molar refractivity (Wildman–Crippen MR) is 262 cm³/mol. The molecule has 1 radical (unpaired) electrons. The molecule has 3 aromatic heterocycles. The standard InChI is InChI=1S/C40H30NO.C20H18N.Ir/c1-40(2,3)24-25-21-22-41-36(23-25)35-18-10-17-33-34-20-19-32-30-15-7-6-13-28(30)26-11-4-5-12-27(26)29-14-8-9-16-31(29)37(32)39(34)42-38(33)35;1-14-9-10-18(20-11-15(2)16(3)13-21-20)12-19(14)17-7-5-4-6-8-17;/h4-17,19-23H,24H2,1-3H3;4-9,11-13H,1-3H3;/q2*-1;/i24D2;1D3,2D3,3D3;. The Morgan fingerprint density at radius 3 is 1.86 bits per heavy atom. The van der Waals surface area contributed by atoms with Crippen LogP contribution in [0.15, 0.2) is 175 Å². The number of benzene rings is 7. The molecule has 0 aliphatic heterocycles. The molecule has 0 bridgehead atoms. The minimum Gasteiger partial charge on any atom is -0.500 e. The van der Waals surface area contributed by atoms with Gasteiger partial charge in [0.1, 0.15) is 5.58 Å². The molecule has 1 aliphatic rings. The van der Waals surface area contributed by atoms with Gasteiger partial charge in [-0.1, -0.05) is 183 Å². The first kappa shape index (κ1) is 31.2. The van der Waals surface area contributed by atoms with Crippen molar-refractivity contribution in [2.75, 3.05) is 0 Å². The van der Waals surface area contributed by atoms with E-state index in [2.05, 4.69) is 107 Å². The monoisotopic (exact) mass is 1020 g/mol.